The molecule has 26 heavy (non-hydrogen) atoms. The summed E-state index contributed by atoms with van der Waals surface area (Å²) in [5.41, 5.74) is 5.02. The molecule has 3 N–H and O–H groups in total. The van der Waals surface area contributed by atoms with Gasteiger partial charge in [-0.3, -0.25) is 19.3 Å². The Hall–Kier alpha value is -1.27. The monoisotopic (exact) mass is 366 g/mol. The van der Waals surface area contributed by atoms with Crippen molar-refractivity contribution in [2.24, 2.45) is 29.4 Å². The number of carbonyl (C=O) groups is 3. The van der Waals surface area contributed by atoms with E-state index in [0.717, 1.165) is 6.42 Å². The van der Waals surface area contributed by atoms with E-state index in [9.17, 15) is 19.5 Å². The second-order valence-corrected chi connectivity index (χ2v) is 9.04. The average Bonchev–Trinajstić information content (AvgIpc) is 2.49. The van der Waals surface area contributed by atoms with Gasteiger partial charge < -0.3 is 10.8 Å². The van der Waals surface area contributed by atoms with E-state index in [2.05, 4.69) is 6.92 Å². The summed E-state index contributed by atoms with van der Waals surface area (Å²) in [5.74, 6) is -0.469. The molecule has 6 nitrogen and oxygen atoms in total. The second-order valence-electron chi connectivity index (χ2n) is 9.04. The predicted octanol–water partition coefficient (Wildman–Crippen LogP) is 1.88. The van der Waals surface area contributed by atoms with Gasteiger partial charge in [0.15, 0.2) is 0 Å². The van der Waals surface area contributed by atoms with Crippen LogP contribution in [0, 0.1) is 23.7 Å². The van der Waals surface area contributed by atoms with Crippen LogP contribution in [0.25, 0.3) is 0 Å². The molecular formula is C20H34N2O4. The van der Waals surface area contributed by atoms with Crippen LogP contribution < -0.4 is 5.73 Å². The Bertz CT molecular complexity index is 542. The summed E-state index contributed by atoms with van der Waals surface area (Å²) < 4.78 is 0. The quantitative estimate of drug-likeness (QED) is 0.699. The van der Waals surface area contributed by atoms with E-state index in [-0.39, 0.29) is 48.2 Å². The number of rotatable bonds is 6. The fraction of sp³-hybridized carbons (Fsp3) is 0.850. The number of hydrogen-bond donors (Lipinski definition) is 2. The lowest BCUT2D eigenvalue weighted by Gasteiger charge is -2.42. The first-order chi connectivity index (χ1) is 12.1. The smallest absolute Gasteiger partial charge is 0.229 e. The van der Waals surface area contributed by atoms with Crippen LogP contribution in [-0.4, -0.2) is 45.8 Å². The second kappa shape index (κ2) is 8.17. The maximum atomic E-state index is 12.6. The van der Waals surface area contributed by atoms with Crippen molar-refractivity contribution in [1.29, 1.82) is 0 Å². The molecule has 4 atom stereocenters. The Labute approximate surface area is 156 Å². The summed E-state index contributed by atoms with van der Waals surface area (Å²) in [7, 11) is 0. The summed E-state index contributed by atoms with van der Waals surface area (Å²) in [4.78, 5) is 38.9. The molecule has 1 heterocycles. The number of nitrogens with two attached hydrogens (primary N) is 1. The number of aliphatic hydroxyl groups is 1. The minimum Gasteiger partial charge on any atom is -0.392 e. The maximum Gasteiger partial charge on any atom is 0.229 e. The molecule has 2 amide bonds. The third kappa shape index (κ3) is 4.52. The van der Waals surface area contributed by atoms with Crippen LogP contribution in [0.2, 0.25) is 0 Å². The number of nitrogens with zero attached hydrogens (tertiary/aromatic N) is 1. The Morgan fingerprint density at radius 3 is 2.27 bits per heavy atom. The van der Waals surface area contributed by atoms with Crippen molar-refractivity contribution >= 4 is 17.6 Å². The lowest BCUT2D eigenvalue weighted by atomic mass is 9.71. The molecule has 148 valence electrons. The Morgan fingerprint density at radius 2 is 1.73 bits per heavy atom. The van der Waals surface area contributed by atoms with Gasteiger partial charge in [0, 0.05) is 30.2 Å². The van der Waals surface area contributed by atoms with E-state index in [4.69, 9.17) is 5.73 Å². The molecule has 1 aliphatic heterocycles. The van der Waals surface area contributed by atoms with Crippen molar-refractivity contribution in [2.75, 3.05) is 6.54 Å². The van der Waals surface area contributed by atoms with E-state index >= 15 is 0 Å². The Kier molecular flexibility index (Phi) is 6.61. The number of ketones is 1. The molecule has 0 bridgehead atoms. The predicted molar refractivity (Wildman–Crippen MR) is 99.0 cm³/mol. The summed E-state index contributed by atoms with van der Waals surface area (Å²) in [5, 5.41) is 10.6. The van der Waals surface area contributed by atoms with Gasteiger partial charge in [-0.25, -0.2) is 0 Å². The van der Waals surface area contributed by atoms with E-state index in [1.165, 1.54) is 4.90 Å². The maximum absolute atomic E-state index is 12.6. The molecule has 2 fully saturated rings. The summed E-state index contributed by atoms with van der Waals surface area (Å²) >= 11 is 0. The molecule has 0 aromatic heterocycles. The van der Waals surface area contributed by atoms with Crippen LogP contribution in [0.3, 0.4) is 0 Å². The van der Waals surface area contributed by atoms with Crippen molar-refractivity contribution < 1.29 is 19.5 Å². The zero-order valence-electron chi connectivity index (χ0n) is 16.5. The highest BCUT2D eigenvalue weighted by Gasteiger charge is 2.43. The molecule has 2 unspecified atom stereocenters. The summed E-state index contributed by atoms with van der Waals surface area (Å²) in [6.07, 6.45) is 2.15. The molecular weight excluding hydrogens is 332 g/mol. The van der Waals surface area contributed by atoms with Gasteiger partial charge >= 0.3 is 0 Å². The molecule has 1 saturated heterocycles. The number of aliphatic hydroxyl groups excluding tert-OH is 1. The number of piperidine rings is 1. The van der Waals surface area contributed by atoms with Gasteiger partial charge in [0.1, 0.15) is 5.78 Å². The first kappa shape index (κ1) is 21.0. The van der Waals surface area contributed by atoms with Crippen LogP contribution in [0.4, 0.5) is 0 Å². The van der Waals surface area contributed by atoms with E-state index in [0.29, 0.717) is 31.7 Å². The minimum atomic E-state index is -0.776. The van der Waals surface area contributed by atoms with Crippen molar-refractivity contribution in [2.45, 2.75) is 77.9 Å². The lowest BCUT2D eigenvalue weighted by molar-refractivity contribution is -0.157. The van der Waals surface area contributed by atoms with Gasteiger partial charge in [-0.15, -0.1) is 0 Å². The van der Waals surface area contributed by atoms with Gasteiger partial charge in [-0.2, -0.15) is 0 Å². The molecule has 1 aliphatic carbocycles. The minimum absolute atomic E-state index is 0.0272. The number of likely N-dealkylation sites (tertiary alicyclic amines) is 1. The molecule has 1 saturated carbocycles. The van der Waals surface area contributed by atoms with Crippen LogP contribution >= 0.6 is 0 Å². The van der Waals surface area contributed by atoms with Crippen LogP contribution in [0.1, 0.15) is 66.2 Å². The van der Waals surface area contributed by atoms with Crippen molar-refractivity contribution in [3.63, 3.8) is 0 Å². The zero-order chi connectivity index (χ0) is 19.6. The van der Waals surface area contributed by atoms with Crippen LogP contribution in [0.15, 0.2) is 0 Å². The fourth-order valence-electron chi connectivity index (χ4n) is 4.78. The number of hydrogen-bond acceptors (Lipinski definition) is 5. The standard InChI is InChI=1S/C20H34N2O4/c1-12-7-13(2)19(26)15(8-12)16(23)9-14-10-17(24)22(18(25)11-14)20(3,4)5-6-21/h12-16,23H,5-11,21H2,1-4H3/t12-,13-,15?,16?/m0/s1. The zero-order valence-corrected chi connectivity index (χ0v) is 16.5. The Morgan fingerprint density at radius 1 is 1.15 bits per heavy atom. The van der Waals surface area contributed by atoms with Crippen LogP contribution in [0.5, 0.6) is 0 Å². The molecule has 0 radical (unpaired) electrons. The van der Waals surface area contributed by atoms with E-state index in [1.807, 2.05) is 20.8 Å². The van der Waals surface area contributed by atoms with Crippen molar-refractivity contribution in [1.82, 2.24) is 4.90 Å². The van der Waals surface area contributed by atoms with E-state index < -0.39 is 11.6 Å². The third-order valence-electron chi connectivity index (χ3n) is 6.09. The van der Waals surface area contributed by atoms with Gasteiger partial charge in [0.2, 0.25) is 11.8 Å². The molecule has 6 heteroatoms. The molecule has 0 aromatic rings. The third-order valence-corrected chi connectivity index (χ3v) is 6.09. The fourth-order valence-corrected chi connectivity index (χ4v) is 4.78. The molecule has 2 rings (SSSR count). The average molecular weight is 367 g/mol. The number of Topliss-reactive ketones (excluding diaryl/α,β-unsaturated/α-hetero) is 1. The van der Waals surface area contributed by atoms with Gasteiger partial charge in [0.25, 0.3) is 0 Å². The van der Waals surface area contributed by atoms with Gasteiger partial charge in [-0.1, -0.05) is 13.8 Å². The Balaban J connectivity index is 2.01. The highest BCUT2D eigenvalue weighted by molar-refractivity contribution is 5.98. The normalized spacial score (nSPS) is 30.0. The SMILES string of the molecule is C[C@@H]1CC(C(O)CC2CC(=O)N(C(C)(C)CCN)C(=O)C2)C(=O)[C@@H](C)C1. The van der Waals surface area contributed by atoms with Crippen molar-refractivity contribution in [3.8, 4) is 0 Å². The first-order valence-corrected chi connectivity index (χ1v) is 9.84. The number of amides is 2. The molecule has 0 spiro atoms. The molecule has 2 aliphatic rings. The highest BCUT2D eigenvalue weighted by Crippen LogP contribution is 2.36. The van der Waals surface area contributed by atoms with Gasteiger partial charge in [-0.05, 0) is 57.9 Å². The van der Waals surface area contributed by atoms with Crippen LogP contribution in [-0.2, 0) is 14.4 Å². The van der Waals surface area contributed by atoms with Gasteiger partial charge in [0.05, 0.1) is 6.10 Å². The molecule has 0 aromatic carbocycles. The summed E-state index contributed by atoms with van der Waals surface area (Å²) in [6.45, 7) is 8.14. The summed E-state index contributed by atoms with van der Waals surface area (Å²) in [6, 6.07) is 0. The van der Waals surface area contributed by atoms with E-state index in [1.54, 1.807) is 0 Å². The number of imide groups is 1. The first-order valence-electron chi connectivity index (χ1n) is 9.84. The number of carbonyl (C=O) groups excluding carboxylic acids is 3. The highest BCUT2D eigenvalue weighted by atomic mass is 16.3. The topological polar surface area (TPSA) is 101 Å². The van der Waals surface area contributed by atoms with Crippen molar-refractivity contribution in [3.05, 3.63) is 0 Å². The lowest BCUT2D eigenvalue weighted by Crippen LogP contribution is -2.55. The largest absolute Gasteiger partial charge is 0.392 e.